The summed E-state index contributed by atoms with van der Waals surface area (Å²) < 4.78 is 0. The summed E-state index contributed by atoms with van der Waals surface area (Å²) in [5.74, 6) is 5.06. The SMILES string of the molecule is CC(C)(C)NN.Cc1ccccc1.Cl.Cl.[Na+].[OH-]. The van der Waals surface area contributed by atoms with Crippen molar-refractivity contribution in [3.05, 3.63) is 35.9 Å². The van der Waals surface area contributed by atoms with E-state index in [2.05, 4.69) is 24.5 Å². The van der Waals surface area contributed by atoms with E-state index in [1.807, 2.05) is 39.0 Å². The molecule has 0 unspecified atom stereocenters. The van der Waals surface area contributed by atoms with E-state index < -0.39 is 0 Å². The van der Waals surface area contributed by atoms with Crippen molar-refractivity contribution in [2.24, 2.45) is 5.84 Å². The maximum absolute atomic E-state index is 5.06. The van der Waals surface area contributed by atoms with Gasteiger partial charge < -0.3 is 5.48 Å². The Morgan fingerprint density at radius 3 is 1.41 bits per heavy atom. The van der Waals surface area contributed by atoms with Crippen LogP contribution in [0.25, 0.3) is 0 Å². The summed E-state index contributed by atoms with van der Waals surface area (Å²) >= 11 is 0. The zero-order chi connectivity index (χ0) is 10.3. The number of halogens is 2. The Labute approximate surface area is 139 Å². The molecule has 0 radical (unpaired) electrons. The molecule has 98 valence electrons. The zero-order valence-electron chi connectivity index (χ0n) is 11.2. The van der Waals surface area contributed by atoms with Crippen molar-refractivity contribution in [1.82, 2.24) is 5.43 Å². The smallest absolute Gasteiger partial charge is 0.870 e. The van der Waals surface area contributed by atoms with E-state index in [-0.39, 0.29) is 65.4 Å². The fourth-order valence-corrected chi connectivity index (χ4v) is 0.534. The molecule has 3 nitrogen and oxygen atoms in total. The number of hydrogen-bond donors (Lipinski definition) is 2. The largest absolute Gasteiger partial charge is 1.00 e. The molecule has 0 spiro atoms. The van der Waals surface area contributed by atoms with Gasteiger partial charge in [0.25, 0.3) is 0 Å². The molecule has 0 aliphatic heterocycles. The third kappa shape index (κ3) is 26.3. The average Bonchev–Trinajstić information content (AvgIpc) is 2.06. The first-order chi connectivity index (χ1) is 5.95. The Hall–Kier alpha value is 0.680. The van der Waals surface area contributed by atoms with Crippen LogP contribution in [0.15, 0.2) is 30.3 Å². The normalized spacial score (nSPS) is 7.82. The van der Waals surface area contributed by atoms with Crippen LogP contribution in [0.2, 0.25) is 0 Å². The van der Waals surface area contributed by atoms with Crippen molar-refractivity contribution < 1.29 is 35.0 Å². The van der Waals surface area contributed by atoms with E-state index in [9.17, 15) is 0 Å². The zero-order valence-corrected chi connectivity index (χ0v) is 14.9. The minimum absolute atomic E-state index is 0. The number of nitrogens with two attached hydrogens (primary N) is 1. The maximum atomic E-state index is 5.06. The van der Waals surface area contributed by atoms with Gasteiger partial charge in [-0.1, -0.05) is 35.9 Å². The molecule has 6 heteroatoms. The molecule has 1 aromatic rings. The summed E-state index contributed by atoms with van der Waals surface area (Å²) in [6, 6.07) is 10.3. The van der Waals surface area contributed by atoms with Crippen molar-refractivity contribution in [3.63, 3.8) is 0 Å². The molecule has 0 amide bonds. The van der Waals surface area contributed by atoms with E-state index in [0.29, 0.717) is 0 Å². The second-order valence-electron chi connectivity index (χ2n) is 4.05. The summed E-state index contributed by atoms with van der Waals surface area (Å²) in [6.07, 6.45) is 0. The Bertz CT molecular complexity index is 231. The van der Waals surface area contributed by atoms with Gasteiger partial charge in [-0.25, -0.2) is 0 Å². The first-order valence-electron chi connectivity index (χ1n) is 4.45. The molecule has 17 heavy (non-hydrogen) atoms. The molecule has 0 aromatic heterocycles. The summed E-state index contributed by atoms with van der Waals surface area (Å²) in [7, 11) is 0. The minimum Gasteiger partial charge on any atom is -0.870 e. The topological polar surface area (TPSA) is 68.0 Å². The number of aryl methyl sites for hydroxylation is 1. The monoisotopic (exact) mass is 292 g/mol. The van der Waals surface area contributed by atoms with Crippen LogP contribution in [0.3, 0.4) is 0 Å². The van der Waals surface area contributed by atoms with Crippen LogP contribution in [-0.4, -0.2) is 11.0 Å². The molecule has 0 bridgehead atoms. The third-order valence-electron chi connectivity index (χ3n) is 1.37. The molecule has 0 aliphatic rings. The second-order valence-corrected chi connectivity index (χ2v) is 4.05. The fraction of sp³-hybridized carbons (Fsp3) is 0.455. The van der Waals surface area contributed by atoms with Gasteiger partial charge in [-0.05, 0) is 27.7 Å². The maximum Gasteiger partial charge on any atom is 1.00 e. The number of hydrogen-bond acceptors (Lipinski definition) is 3. The molecule has 0 fully saturated rings. The van der Waals surface area contributed by atoms with Crippen LogP contribution in [0.1, 0.15) is 26.3 Å². The van der Waals surface area contributed by atoms with E-state index in [1.54, 1.807) is 0 Å². The van der Waals surface area contributed by atoms with Gasteiger partial charge in [0.05, 0.1) is 0 Å². The standard InChI is InChI=1S/C7H8.C4H12N2.2ClH.Na.H2O/c1-7-5-3-2-4-6-7;1-4(2,3)6-5;;;;/h2-6H,1H3;6H,5H2,1-3H3;2*1H;;1H2/q;;;;+1;/p-1. The molecule has 0 heterocycles. The minimum atomic E-state index is 0. The van der Waals surface area contributed by atoms with Gasteiger partial charge in [-0.3, -0.25) is 11.3 Å². The van der Waals surface area contributed by atoms with Crippen LogP contribution >= 0.6 is 24.8 Å². The van der Waals surface area contributed by atoms with E-state index in [4.69, 9.17) is 5.84 Å². The predicted octanol–water partition coefficient (Wildman–Crippen LogP) is -0.0860. The number of hydrazine groups is 1. The van der Waals surface area contributed by atoms with Crippen LogP contribution in [0.5, 0.6) is 0 Å². The van der Waals surface area contributed by atoms with Crippen LogP contribution in [0.4, 0.5) is 0 Å². The van der Waals surface area contributed by atoms with E-state index >= 15 is 0 Å². The van der Waals surface area contributed by atoms with Crippen LogP contribution < -0.4 is 40.8 Å². The molecule has 1 rings (SSSR count). The Morgan fingerprint density at radius 1 is 1.00 bits per heavy atom. The van der Waals surface area contributed by atoms with Crippen LogP contribution in [0, 0.1) is 6.92 Å². The van der Waals surface area contributed by atoms with Crippen molar-refractivity contribution in [2.45, 2.75) is 33.2 Å². The van der Waals surface area contributed by atoms with Crippen molar-refractivity contribution >= 4 is 24.8 Å². The van der Waals surface area contributed by atoms with Crippen LogP contribution in [-0.2, 0) is 0 Å². The van der Waals surface area contributed by atoms with Gasteiger partial charge >= 0.3 is 29.6 Å². The predicted molar refractivity (Wildman–Crippen MR) is 74.7 cm³/mol. The molecule has 1 aromatic carbocycles. The van der Waals surface area contributed by atoms with Gasteiger partial charge in [0, 0.05) is 5.54 Å². The Kier molecular flexibility index (Phi) is 30.0. The Morgan fingerprint density at radius 2 is 1.29 bits per heavy atom. The summed E-state index contributed by atoms with van der Waals surface area (Å²) in [5, 5.41) is 0. The average molecular weight is 293 g/mol. The molecule has 0 saturated heterocycles. The van der Waals surface area contributed by atoms with Gasteiger partial charge in [0.1, 0.15) is 0 Å². The molecular formula is C11H23Cl2N2NaO. The summed E-state index contributed by atoms with van der Waals surface area (Å²) in [6.45, 7) is 8.10. The quantitative estimate of drug-likeness (QED) is 0.399. The van der Waals surface area contributed by atoms with Gasteiger partial charge in [0.15, 0.2) is 0 Å². The molecule has 0 aliphatic carbocycles. The van der Waals surface area contributed by atoms with Gasteiger partial charge in [-0.15, -0.1) is 24.8 Å². The number of nitrogens with one attached hydrogen (secondary N) is 1. The number of rotatable bonds is 0. The first kappa shape index (κ1) is 30.6. The van der Waals surface area contributed by atoms with E-state index in [0.717, 1.165) is 0 Å². The summed E-state index contributed by atoms with van der Waals surface area (Å²) in [4.78, 5) is 0. The van der Waals surface area contributed by atoms with Crippen molar-refractivity contribution in [2.75, 3.05) is 0 Å². The Balaban J connectivity index is -0.0000000462. The molecule has 0 atom stereocenters. The molecular weight excluding hydrogens is 270 g/mol. The summed E-state index contributed by atoms with van der Waals surface area (Å²) in [5.41, 5.74) is 4.00. The third-order valence-corrected chi connectivity index (χ3v) is 1.37. The van der Waals surface area contributed by atoms with Gasteiger partial charge in [-0.2, -0.15) is 0 Å². The van der Waals surface area contributed by atoms with Crippen molar-refractivity contribution in [3.8, 4) is 0 Å². The second kappa shape index (κ2) is 16.7. The number of benzene rings is 1. The molecule has 0 saturated carbocycles. The van der Waals surface area contributed by atoms with Crippen molar-refractivity contribution in [1.29, 1.82) is 0 Å². The van der Waals surface area contributed by atoms with E-state index in [1.165, 1.54) is 5.56 Å². The van der Waals surface area contributed by atoms with Gasteiger partial charge in [0.2, 0.25) is 0 Å². The fourth-order valence-electron chi connectivity index (χ4n) is 0.534. The molecule has 4 N–H and O–H groups in total. The first-order valence-corrected chi connectivity index (χ1v) is 4.45.